The lowest BCUT2D eigenvalue weighted by Crippen LogP contribution is -2.14. The summed E-state index contributed by atoms with van der Waals surface area (Å²) < 4.78 is 42.8. The number of alkyl halides is 3. The van der Waals surface area contributed by atoms with Crippen molar-refractivity contribution in [2.24, 2.45) is 5.73 Å². The van der Waals surface area contributed by atoms with Gasteiger partial charge in [-0.05, 0) is 30.2 Å². The summed E-state index contributed by atoms with van der Waals surface area (Å²) in [4.78, 5) is 0. The Balaban J connectivity index is 3.38. The average Bonchev–Trinajstić information content (AvgIpc) is 2.14. The van der Waals surface area contributed by atoms with E-state index in [9.17, 15) is 13.2 Å². The second kappa shape index (κ2) is 4.10. The maximum Gasteiger partial charge on any atom is 0.416 e. The minimum absolute atomic E-state index is 0.0550. The molecular formula is C10H12F3NO. The first kappa shape index (κ1) is 11.8. The molecule has 0 radical (unpaired) electrons. The van der Waals surface area contributed by atoms with Crippen LogP contribution in [0, 0.1) is 6.92 Å². The Morgan fingerprint density at radius 2 is 1.93 bits per heavy atom. The summed E-state index contributed by atoms with van der Waals surface area (Å²) in [5.74, 6) is 0.390. The molecule has 0 aliphatic heterocycles. The van der Waals surface area contributed by atoms with Crippen molar-refractivity contribution in [1.82, 2.24) is 0 Å². The summed E-state index contributed by atoms with van der Waals surface area (Å²) in [6.07, 6.45) is -4.37. The first-order valence-electron chi connectivity index (χ1n) is 4.35. The Morgan fingerprint density at radius 1 is 1.33 bits per heavy atom. The van der Waals surface area contributed by atoms with Crippen molar-refractivity contribution in [3.63, 3.8) is 0 Å². The number of halogens is 3. The van der Waals surface area contributed by atoms with Crippen molar-refractivity contribution in [3.8, 4) is 5.75 Å². The van der Waals surface area contributed by atoms with Crippen LogP contribution < -0.4 is 10.5 Å². The van der Waals surface area contributed by atoms with Crippen LogP contribution in [0.15, 0.2) is 12.1 Å². The molecule has 2 nitrogen and oxygen atoms in total. The molecule has 0 heterocycles. The molecule has 0 fully saturated rings. The topological polar surface area (TPSA) is 35.2 Å². The predicted molar refractivity (Wildman–Crippen MR) is 50.6 cm³/mol. The smallest absolute Gasteiger partial charge is 0.416 e. The molecule has 5 heteroatoms. The summed E-state index contributed by atoms with van der Waals surface area (Å²) in [5.41, 5.74) is 4.81. The summed E-state index contributed by atoms with van der Waals surface area (Å²) in [6, 6.07) is 2.66. The van der Waals surface area contributed by atoms with Crippen LogP contribution in [0.2, 0.25) is 0 Å². The lowest BCUT2D eigenvalue weighted by atomic mass is 10.0. The van der Waals surface area contributed by atoms with Gasteiger partial charge in [0.2, 0.25) is 0 Å². The van der Waals surface area contributed by atoms with E-state index in [0.717, 1.165) is 0 Å². The van der Waals surface area contributed by atoms with Gasteiger partial charge < -0.3 is 10.5 Å². The van der Waals surface area contributed by atoms with Gasteiger partial charge in [0.1, 0.15) is 5.75 Å². The molecule has 0 amide bonds. The van der Waals surface area contributed by atoms with Crippen LogP contribution in [0.5, 0.6) is 5.75 Å². The van der Waals surface area contributed by atoms with Crippen LogP contribution in [-0.2, 0) is 12.7 Å². The van der Waals surface area contributed by atoms with E-state index in [0.29, 0.717) is 5.75 Å². The minimum atomic E-state index is -4.37. The fourth-order valence-electron chi connectivity index (χ4n) is 1.51. The molecule has 84 valence electrons. The number of ether oxygens (including phenoxy) is 1. The maximum atomic E-state index is 12.6. The third kappa shape index (κ3) is 2.41. The summed E-state index contributed by atoms with van der Waals surface area (Å²) in [6.45, 7) is 1.23. The van der Waals surface area contributed by atoms with Gasteiger partial charge in [0.15, 0.2) is 0 Å². The molecule has 0 aliphatic rings. The zero-order valence-electron chi connectivity index (χ0n) is 8.48. The Kier molecular flexibility index (Phi) is 3.24. The van der Waals surface area contributed by atoms with Crippen molar-refractivity contribution < 1.29 is 17.9 Å². The molecule has 2 N–H and O–H groups in total. The highest BCUT2D eigenvalue weighted by Crippen LogP contribution is 2.36. The maximum absolute atomic E-state index is 12.6. The normalized spacial score (nSPS) is 11.6. The zero-order chi connectivity index (χ0) is 11.6. The first-order valence-corrected chi connectivity index (χ1v) is 4.35. The van der Waals surface area contributed by atoms with Crippen molar-refractivity contribution in [1.29, 1.82) is 0 Å². The Morgan fingerprint density at radius 3 is 2.33 bits per heavy atom. The summed E-state index contributed by atoms with van der Waals surface area (Å²) in [7, 11) is 1.41. The zero-order valence-corrected chi connectivity index (χ0v) is 8.48. The van der Waals surface area contributed by atoms with E-state index in [1.165, 1.54) is 26.2 Å². The van der Waals surface area contributed by atoms with Gasteiger partial charge >= 0.3 is 6.18 Å². The van der Waals surface area contributed by atoms with Crippen LogP contribution in [0.25, 0.3) is 0 Å². The molecule has 0 aromatic heterocycles. The van der Waals surface area contributed by atoms with E-state index < -0.39 is 11.7 Å². The van der Waals surface area contributed by atoms with E-state index in [1.54, 1.807) is 0 Å². The second-order valence-electron chi connectivity index (χ2n) is 3.18. The largest absolute Gasteiger partial charge is 0.497 e. The Hall–Kier alpha value is -1.23. The van der Waals surface area contributed by atoms with Crippen LogP contribution >= 0.6 is 0 Å². The van der Waals surface area contributed by atoms with Gasteiger partial charge in [0, 0.05) is 6.54 Å². The number of nitrogens with two attached hydrogens (primary N) is 1. The van der Waals surface area contributed by atoms with E-state index in [2.05, 4.69) is 0 Å². The number of rotatable bonds is 2. The second-order valence-corrected chi connectivity index (χ2v) is 3.18. The van der Waals surface area contributed by atoms with Crippen LogP contribution in [0.3, 0.4) is 0 Å². The molecular weight excluding hydrogens is 207 g/mol. The van der Waals surface area contributed by atoms with Crippen LogP contribution in [0.1, 0.15) is 16.7 Å². The monoisotopic (exact) mass is 219 g/mol. The van der Waals surface area contributed by atoms with Gasteiger partial charge in [-0.2, -0.15) is 13.2 Å². The molecule has 1 rings (SSSR count). The van der Waals surface area contributed by atoms with E-state index in [1.807, 2.05) is 0 Å². The van der Waals surface area contributed by atoms with Crippen molar-refractivity contribution in [3.05, 3.63) is 28.8 Å². The van der Waals surface area contributed by atoms with Gasteiger partial charge in [-0.25, -0.2) is 0 Å². The summed E-state index contributed by atoms with van der Waals surface area (Å²) >= 11 is 0. The molecule has 0 saturated carbocycles. The third-order valence-corrected chi connectivity index (χ3v) is 2.13. The van der Waals surface area contributed by atoms with Gasteiger partial charge in [-0.1, -0.05) is 0 Å². The highest BCUT2D eigenvalue weighted by atomic mass is 19.4. The molecule has 0 saturated heterocycles. The van der Waals surface area contributed by atoms with Crippen molar-refractivity contribution in [2.75, 3.05) is 7.11 Å². The highest BCUT2D eigenvalue weighted by Gasteiger charge is 2.35. The molecule has 15 heavy (non-hydrogen) atoms. The number of methoxy groups -OCH3 is 1. The molecule has 1 aromatic carbocycles. The lowest BCUT2D eigenvalue weighted by molar-refractivity contribution is -0.138. The van der Waals surface area contributed by atoms with Gasteiger partial charge in [-0.15, -0.1) is 0 Å². The van der Waals surface area contributed by atoms with Crippen LogP contribution in [0.4, 0.5) is 13.2 Å². The first-order chi connectivity index (χ1) is 6.90. The summed E-state index contributed by atoms with van der Waals surface area (Å²) in [5, 5.41) is 0. The third-order valence-electron chi connectivity index (χ3n) is 2.13. The van der Waals surface area contributed by atoms with Crippen molar-refractivity contribution >= 4 is 0 Å². The van der Waals surface area contributed by atoms with Gasteiger partial charge in [-0.3, -0.25) is 0 Å². The van der Waals surface area contributed by atoms with Gasteiger partial charge in [0.05, 0.1) is 12.7 Å². The standard InChI is InChI=1S/C10H12F3NO/c1-6-3-8(15-2)4-7(5-14)9(6)10(11,12)13/h3-4H,5,14H2,1-2H3. The fourth-order valence-corrected chi connectivity index (χ4v) is 1.51. The molecule has 1 aromatic rings. The molecule has 0 spiro atoms. The molecule has 0 bridgehead atoms. The SMILES string of the molecule is COc1cc(C)c(C(F)(F)F)c(CN)c1. The molecule has 0 aliphatic carbocycles. The average molecular weight is 219 g/mol. The number of benzene rings is 1. The molecule has 0 atom stereocenters. The number of aryl methyl sites for hydroxylation is 1. The lowest BCUT2D eigenvalue weighted by Gasteiger charge is -2.16. The molecule has 0 unspecified atom stereocenters. The number of hydrogen-bond donors (Lipinski definition) is 1. The highest BCUT2D eigenvalue weighted by molar-refractivity contribution is 5.43. The van der Waals surface area contributed by atoms with E-state index in [-0.39, 0.29) is 17.7 Å². The van der Waals surface area contributed by atoms with E-state index in [4.69, 9.17) is 10.5 Å². The van der Waals surface area contributed by atoms with E-state index >= 15 is 0 Å². The van der Waals surface area contributed by atoms with Crippen molar-refractivity contribution in [2.45, 2.75) is 19.6 Å². The van der Waals surface area contributed by atoms with Crippen LogP contribution in [-0.4, -0.2) is 7.11 Å². The predicted octanol–water partition coefficient (Wildman–Crippen LogP) is 2.48. The number of hydrogen-bond acceptors (Lipinski definition) is 2. The minimum Gasteiger partial charge on any atom is -0.497 e. The Bertz CT molecular complexity index is 360. The Labute approximate surface area is 85.8 Å². The fraction of sp³-hybridized carbons (Fsp3) is 0.400. The van der Waals surface area contributed by atoms with Gasteiger partial charge in [0.25, 0.3) is 0 Å². The quantitative estimate of drug-likeness (QED) is 0.829.